The van der Waals surface area contributed by atoms with Crippen LogP contribution in [-0.4, -0.2) is 22.9 Å². The van der Waals surface area contributed by atoms with Crippen LogP contribution in [-0.2, 0) is 0 Å². The summed E-state index contributed by atoms with van der Waals surface area (Å²) in [6.07, 6.45) is 4.60. The van der Waals surface area contributed by atoms with Crippen molar-refractivity contribution in [1.29, 1.82) is 0 Å². The zero-order chi connectivity index (χ0) is 9.40. The Morgan fingerprint density at radius 3 is 2.25 bits per heavy atom. The van der Waals surface area contributed by atoms with Crippen LogP contribution in [0.2, 0.25) is 0 Å². The average Bonchev–Trinajstić information content (AvgIpc) is 2.10. The van der Waals surface area contributed by atoms with E-state index >= 15 is 0 Å². The van der Waals surface area contributed by atoms with Gasteiger partial charge in [-0.05, 0) is 18.8 Å². The molecule has 0 aliphatic heterocycles. The van der Waals surface area contributed by atoms with Crippen LogP contribution in [0.1, 0.15) is 46.0 Å². The van der Waals surface area contributed by atoms with Gasteiger partial charge in [0, 0.05) is 6.61 Å². The smallest absolute Gasteiger partial charge is 0.0569 e. The van der Waals surface area contributed by atoms with Crippen molar-refractivity contribution in [3.05, 3.63) is 0 Å². The summed E-state index contributed by atoms with van der Waals surface area (Å²) in [5.41, 5.74) is 0. The Hall–Kier alpha value is -0.0800. The molecule has 0 bridgehead atoms. The molecule has 0 aliphatic rings. The van der Waals surface area contributed by atoms with E-state index in [1.165, 1.54) is 0 Å². The van der Waals surface area contributed by atoms with Gasteiger partial charge in [0.25, 0.3) is 0 Å². The zero-order valence-corrected chi connectivity index (χ0v) is 8.29. The molecule has 12 heavy (non-hydrogen) atoms. The second-order valence-electron chi connectivity index (χ2n) is 3.39. The molecule has 0 aromatic carbocycles. The van der Waals surface area contributed by atoms with E-state index in [2.05, 4.69) is 13.8 Å². The van der Waals surface area contributed by atoms with Crippen molar-refractivity contribution in [2.75, 3.05) is 6.61 Å². The summed E-state index contributed by atoms with van der Waals surface area (Å²) in [7, 11) is 0. The molecule has 0 heterocycles. The topological polar surface area (TPSA) is 40.5 Å². The molecule has 0 aromatic heterocycles. The minimum absolute atomic E-state index is 0.196. The van der Waals surface area contributed by atoms with Crippen molar-refractivity contribution in [2.24, 2.45) is 5.92 Å². The zero-order valence-electron chi connectivity index (χ0n) is 8.29. The van der Waals surface area contributed by atoms with E-state index in [9.17, 15) is 5.11 Å². The van der Waals surface area contributed by atoms with E-state index < -0.39 is 0 Å². The van der Waals surface area contributed by atoms with Crippen molar-refractivity contribution >= 4 is 0 Å². The van der Waals surface area contributed by atoms with Crippen LogP contribution in [0.5, 0.6) is 0 Å². The van der Waals surface area contributed by atoms with Crippen molar-refractivity contribution in [3.63, 3.8) is 0 Å². The molecule has 0 aliphatic carbocycles. The normalized spacial score (nSPS) is 16.0. The maximum absolute atomic E-state index is 9.66. The highest BCUT2D eigenvalue weighted by Gasteiger charge is 2.15. The van der Waals surface area contributed by atoms with E-state index in [-0.39, 0.29) is 12.7 Å². The third-order valence-corrected chi connectivity index (χ3v) is 2.42. The fourth-order valence-electron chi connectivity index (χ4n) is 1.48. The van der Waals surface area contributed by atoms with Gasteiger partial charge >= 0.3 is 0 Å². The van der Waals surface area contributed by atoms with Crippen LogP contribution < -0.4 is 0 Å². The molecule has 0 rings (SSSR count). The van der Waals surface area contributed by atoms with Crippen molar-refractivity contribution in [3.8, 4) is 0 Å². The molecule has 0 amide bonds. The number of hydrogen-bond acceptors (Lipinski definition) is 2. The predicted octanol–water partition coefficient (Wildman–Crippen LogP) is 1.95. The lowest BCUT2D eigenvalue weighted by atomic mass is 9.93. The van der Waals surface area contributed by atoms with Gasteiger partial charge in [0.2, 0.25) is 0 Å². The van der Waals surface area contributed by atoms with Gasteiger partial charge in [-0.25, -0.2) is 0 Å². The van der Waals surface area contributed by atoms with E-state index in [1.807, 2.05) is 0 Å². The summed E-state index contributed by atoms with van der Waals surface area (Å²) in [6, 6.07) is 0. The summed E-state index contributed by atoms with van der Waals surface area (Å²) in [5, 5.41) is 18.4. The van der Waals surface area contributed by atoms with E-state index in [0.29, 0.717) is 5.92 Å². The molecule has 0 aromatic rings. The first kappa shape index (κ1) is 11.9. The molecule has 2 unspecified atom stereocenters. The molecule has 0 spiro atoms. The van der Waals surface area contributed by atoms with Crippen LogP contribution in [0.25, 0.3) is 0 Å². The molecule has 0 radical (unpaired) electrons. The predicted molar refractivity (Wildman–Crippen MR) is 51.0 cm³/mol. The van der Waals surface area contributed by atoms with Gasteiger partial charge in [0.05, 0.1) is 6.10 Å². The summed E-state index contributed by atoms with van der Waals surface area (Å²) in [6.45, 7) is 4.39. The Bertz CT molecular complexity index is 93.8. The maximum Gasteiger partial charge on any atom is 0.0569 e. The van der Waals surface area contributed by atoms with E-state index in [0.717, 1.165) is 32.1 Å². The summed E-state index contributed by atoms with van der Waals surface area (Å²) >= 11 is 0. The Labute approximate surface area is 75.6 Å². The Morgan fingerprint density at radius 1 is 1.17 bits per heavy atom. The van der Waals surface area contributed by atoms with Crippen LogP contribution in [0.4, 0.5) is 0 Å². The molecule has 2 atom stereocenters. The lowest BCUT2D eigenvalue weighted by molar-refractivity contribution is 0.0777. The molecular formula is C10H22O2. The van der Waals surface area contributed by atoms with Crippen molar-refractivity contribution in [2.45, 2.75) is 52.1 Å². The SMILES string of the molecule is CCCCC(O)C(CC)CCO. The molecule has 2 nitrogen and oxygen atoms in total. The first-order valence-electron chi connectivity index (χ1n) is 5.05. The van der Waals surface area contributed by atoms with Gasteiger partial charge in [-0.3, -0.25) is 0 Å². The molecular weight excluding hydrogens is 152 g/mol. The highest BCUT2D eigenvalue weighted by Crippen LogP contribution is 2.17. The van der Waals surface area contributed by atoms with Crippen LogP contribution >= 0.6 is 0 Å². The number of rotatable bonds is 7. The number of aliphatic hydroxyl groups excluding tert-OH is 2. The van der Waals surface area contributed by atoms with Gasteiger partial charge in [-0.2, -0.15) is 0 Å². The number of hydrogen-bond donors (Lipinski definition) is 2. The fraction of sp³-hybridized carbons (Fsp3) is 1.00. The second kappa shape index (κ2) is 7.56. The van der Waals surface area contributed by atoms with Gasteiger partial charge in [0.1, 0.15) is 0 Å². The Kier molecular flexibility index (Phi) is 7.51. The van der Waals surface area contributed by atoms with Crippen LogP contribution in [0.3, 0.4) is 0 Å². The van der Waals surface area contributed by atoms with Crippen molar-refractivity contribution < 1.29 is 10.2 Å². The van der Waals surface area contributed by atoms with Gasteiger partial charge in [0.15, 0.2) is 0 Å². The average molecular weight is 174 g/mol. The van der Waals surface area contributed by atoms with Crippen LogP contribution in [0.15, 0.2) is 0 Å². The highest BCUT2D eigenvalue weighted by molar-refractivity contribution is 4.67. The monoisotopic (exact) mass is 174 g/mol. The van der Waals surface area contributed by atoms with Gasteiger partial charge < -0.3 is 10.2 Å². The summed E-state index contributed by atoms with van der Waals surface area (Å²) in [4.78, 5) is 0. The van der Waals surface area contributed by atoms with E-state index in [1.54, 1.807) is 0 Å². The third kappa shape index (κ3) is 4.73. The number of aliphatic hydroxyl groups is 2. The quantitative estimate of drug-likeness (QED) is 0.619. The van der Waals surface area contributed by atoms with E-state index in [4.69, 9.17) is 5.11 Å². The molecule has 74 valence electrons. The number of unbranched alkanes of at least 4 members (excludes halogenated alkanes) is 1. The summed E-state index contributed by atoms with van der Waals surface area (Å²) < 4.78 is 0. The Morgan fingerprint density at radius 2 is 1.83 bits per heavy atom. The lowest BCUT2D eigenvalue weighted by Crippen LogP contribution is -2.20. The molecule has 0 saturated heterocycles. The largest absolute Gasteiger partial charge is 0.396 e. The van der Waals surface area contributed by atoms with Gasteiger partial charge in [-0.15, -0.1) is 0 Å². The maximum atomic E-state index is 9.66. The highest BCUT2D eigenvalue weighted by atomic mass is 16.3. The molecule has 2 N–H and O–H groups in total. The molecule has 0 fully saturated rings. The minimum Gasteiger partial charge on any atom is -0.396 e. The van der Waals surface area contributed by atoms with Crippen molar-refractivity contribution in [1.82, 2.24) is 0 Å². The first-order chi connectivity index (χ1) is 5.76. The fourth-order valence-corrected chi connectivity index (χ4v) is 1.48. The lowest BCUT2D eigenvalue weighted by Gasteiger charge is -2.20. The van der Waals surface area contributed by atoms with Crippen LogP contribution in [0, 0.1) is 5.92 Å². The summed E-state index contributed by atoms with van der Waals surface area (Å²) in [5.74, 6) is 0.293. The second-order valence-corrected chi connectivity index (χ2v) is 3.39. The standard InChI is InChI=1S/C10H22O2/c1-3-5-6-10(12)9(4-2)7-8-11/h9-12H,3-8H2,1-2H3. The van der Waals surface area contributed by atoms with Gasteiger partial charge in [-0.1, -0.05) is 33.1 Å². The minimum atomic E-state index is -0.206. The Balaban J connectivity index is 3.60. The first-order valence-corrected chi connectivity index (χ1v) is 5.05. The third-order valence-electron chi connectivity index (χ3n) is 2.42. The molecule has 0 saturated carbocycles. The molecule has 2 heteroatoms.